The minimum Gasteiger partial charge on any atom is -0.489 e. The van der Waals surface area contributed by atoms with Crippen LogP contribution in [0, 0.1) is 5.92 Å². The first-order chi connectivity index (χ1) is 21.4. The summed E-state index contributed by atoms with van der Waals surface area (Å²) in [5.41, 5.74) is 2.74. The van der Waals surface area contributed by atoms with Crippen molar-refractivity contribution in [3.05, 3.63) is 127 Å². The predicted molar refractivity (Wildman–Crippen MR) is 171 cm³/mol. The van der Waals surface area contributed by atoms with E-state index < -0.39 is 18.1 Å². The Labute approximate surface area is 259 Å². The standard InChI is InChI=1S/C36H42N2O6/c1-3-5-17-35(41)44-33(29-15-10-7-11-16-29)24-37-36(42)30(12-4-2)23-34(40)38-31(25-39)22-27-18-20-32(21-19-27)43-26-28-13-8-6-9-14-28/h3-4,6-11,13-16,18-21,30-31,33,39H,1-2,5,12,17,22-26H2,(H,37,42)(H,38,40)/t30-,31+,33+/m1/s1. The van der Waals surface area contributed by atoms with Gasteiger partial charge in [0.1, 0.15) is 18.5 Å². The molecular weight excluding hydrogens is 556 g/mol. The van der Waals surface area contributed by atoms with Crippen molar-refractivity contribution < 1.29 is 29.0 Å². The van der Waals surface area contributed by atoms with Gasteiger partial charge in [-0.1, -0.05) is 84.9 Å². The van der Waals surface area contributed by atoms with Gasteiger partial charge in [0, 0.05) is 12.8 Å². The van der Waals surface area contributed by atoms with Crippen molar-refractivity contribution in [1.29, 1.82) is 0 Å². The lowest BCUT2D eigenvalue weighted by Crippen LogP contribution is -2.42. The van der Waals surface area contributed by atoms with Gasteiger partial charge >= 0.3 is 5.97 Å². The van der Waals surface area contributed by atoms with Crippen LogP contribution < -0.4 is 15.4 Å². The van der Waals surface area contributed by atoms with Crippen LogP contribution in [-0.4, -0.2) is 42.1 Å². The molecule has 0 saturated carbocycles. The van der Waals surface area contributed by atoms with Crippen molar-refractivity contribution in [2.24, 2.45) is 5.92 Å². The molecule has 8 heteroatoms. The molecule has 0 spiro atoms. The zero-order chi connectivity index (χ0) is 31.6. The van der Waals surface area contributed by atoms with E-state index in [-0.39, 0.29) is 50.2 Å². The molecule has 232 valence electrons. The van der Waals surface area contributed by atoms with Crippen molar-refractivity contribution in [2.75, 3.05) is 13.2 Å². The molecule has 0 unspecified atom stereocenters. The fraction of sp³-hybridized carbons (Fsp3) is 0.306. The first-order valence-corrected chi connectivity index (χ1v) is 14.8. The molecule has 0 saturated heterocycles. The maximum Gasteiger partial charge on any atom is 0.306 e. The lowest BCUT2D eigenvalue weighted by molar-refractivity contribution is -0.150. The van der Waals surface area contributed by atoms with Crippen molar-refractivity contribution in [3.8, 4) is 5.75 Å². The predicted octanol–water partition coefficient (Wildman–Crippen LogP) is 5.23. The molecule has 8 nitrogen and oxygen atoms in total. The lowest BCUT2D eigenvalue weighted by atomic mass is 9.98. The molecule has 0 aliphatic carbocycles. The molecule has 0 heterocycles. The number of allylic oxidation sites excluding steroid dienone is 2. The van der Waals surface area contributed by atoms with Crippen LogP contribution in [0.5, 0.6) is 5.75 Å². The number of hydrogen-bond acceptors (Lipinski definition) is 6. The molecule has 0 fully saturated rings. The van der Waals surface area contributed by atoms with Crippen molar-refractivity contribution >= 4 is 17.8 Å². The van der Waals surface area contributed by atoms with Crippen LogP contribution in [0.2, 0.25) is 0 Å². The minimum atomic E-state index is -0.680. The average Bonchev–Trinajstić information content (AvgIpc) is 3.05. The van der Waals surface area contributed by atoms with E-state index in [9.17, 15) is 19.5 Å². The van der Waals surface area contributed by atoms with E-state index in [1.165, 1.54) is 0 Å². The SMILES string of the molecule is C=CCCC(=O)O[C@@H](CNC(=O)[C@H](CC=C)CC(=O)N[C@H](CO)Cc1ccc(OCc2ccccc2)cc1)c1ccccc1. The molecule has 0 bridgehead atoms. The Hall–Kier alpha value is -4.69. The Morgan fingerprint density at radius 3 is 2.18 bits per heavy atom. The third kappa shape index (κ3) is 11.9. The summed E-state index contributed by atoms with van der Waals surface area (Å²) < 4.78 is 11.5. The number of aliphatic hydroxyl groups excluding tert-OH is 1. The molecule has 3 aromatic carbocycles. The quantitative estimate of drug-likeness (QED) is 0.129. The number of aliphatic hydroxyl groups is 1. The summed E-state index contributed by atoms with van der Waals surface area (Å²) in [7, 11) is 0. The van der Waals surface area contributed by atoms with Gasteiger partial charge in [-0.2, -0.15) is 0 Å². The van der Waals surface area contributed by atoms with E-state index in [1.54, 1.807) is 12.2 Å². The molecule has 44 heavy (non-hydrogen) atoms. The fourth-order valence-electron chi connectivity index (χ4n) is 4.57. The normalized spacial score (nSPS) is 12.7. The molecule has 3 aromatic rings. The molecular formula is C36H42N2O6. The Morgan fingerprint density at radius 1 is 0.864 bits per heavy atom. The number of ether oxygens (including phenoxy) is 2. The van der Waals surface area contributed by atoms with E-state index in [1.807, 2.05) is 84.9 Å². The number of rotatable bonds is 19. The fourth-order valence-corrected chi connectivity index (χ4v) is 4.57. The Morgan fingerprint density at radius 2 is 1.55 bits per heavy atom. The highest BCUT2D eigenvalue weighted by atomic mass is 16.5. The van der Waals surface area contributed by atoms with E-state index >= 15 is 0 Å². The van der Waals surface area contributed by atoms with Gasteiger partial charge in [-0.3, -0.25) is 14.4 Å². The second kappa shape index (κ2) is 18.8. The monoisotopic (exact) mass is 598 g/mol. The Bertz CT molecular complexity index is 1330. The van der Waals surface area contributed by atoms with Crippen LogP contribution in [0.1, 0.15) is 48.5 Å². The lowest BCUT2D eigenvalue weighted by Gasteiger charge is -2.22. The van der Waals surface area contributed by atoms with Crippen LogP contribution in [0.3, 0.4) is 0 Å². The zero-order valence-electron chi connectivity index (χ0n) is 25.0. The second-order valence-electron chi connectivity index (χ2n) is 10.5. The van der Waals surface area contributed by atoms with Crippen LogP contribution in [-0.2, 0) is 32.1 Å². The molecule has 2 amide bonds. The highest BCUT2D eigenvalue weighted by Crippen LogP contribution is 2.19. The number of carbonyl (C=O) groups excluding carboxylic acids is 3. The van der Waals surface area contributed by atoms with Gasteiger partial charge in [-0.25, -0.2) is 0 Å². The molecule has 3 N–H and O–H groups in total. The topological polar surface area (TPSA) is 114 Å². The maximum atomic E-state index is 13.1. The van der Waals surface area contributed by atoms with Gasteiger partial charge in [0.05, 0.1) is 25.1 Å². The average molecular weight is 599 g/mol. The van der Waals surface area contributed by atoms with Gasteiger partial charge in [0.2, 0.25) is 11.8 Å². The van der Waals surface area contributed by atoms with Gasteiger partial charge in [-0.05, 0) is 48.1 Å². The van der Waals surface area contributed by atoms with E-state index in [0.29, 0.717) is 19.4 Å². The maximum absolute atomic E-state index is 13.1. The Kier molecular flexibility index (Phi) is 14.4. The van der Waals surface area contributed by atoms with E-state index in [0.717, 1.165) is 22.4 Å². The third-order valence-electron chi connectivity index (χ3n) is 6.95. The molecule has 3 atom stereocenters. The number of carbonyl (C=O) groups is 3. The third-order valence-corrected chi connectivity index (χ3v) is 6.95. The summed E-state index contributed by atoms with van der Waals surface area (Å²) in [6, 6.07) is 26.0. The van der Waals surface area contributed by atoms with Crippen molar-refractivity contribution in [3.63, 3.8) is 0 Å². The van der Waals surface area contributed by atoms with Gasteiger partial charge in [0.15, 0.2) is 0 Å². The summed E-state index contributed by atoms with van der Waals surface area (Å²) in [6.45, 7) is 7.62. The first kappa shape index (κ1) is 33.8. The molecule has 0 aliphatic heterocycles. The summed E-state index contributed by atoms with van der Waals surface area (Å²) in [6.07, 6.45) is 3.85. The largest absolute Gasteiger partial charge is 0.489 e. The van der Waals surface area contributed by atoms with Crippen molar-refractivity contribution in [1.82, 2.24) is 10.6 Å². The summed E-state index contributed by atoms with van der Waals surface area (Å²) in [4.78, 5) is 38.4. The minimum absolute atomic E-state index is 0.0578. The highest BCUT2D eigenvalue weighted by molar-refractivity contribution is 5.86. The van der Waals surface area contributed by atoms with E-state index in [4.69, 9.17) is 9.47 Å². The smallest absolute Gasteiger partial charge is 0.306 e. The summed E-state index contributed by atoms with van der Waals surface area (Å²) in [5.74, 6) is -1.05. The van der Waals surface area contributed by atoms with E-state index in [2.05, 4.69) is 23.8 Å². The first-order valence-electron chi connectivity index (χ1n) is 14.8. The number of hydrogen-bond donors (Lipinski definition) is 3. The number of esters is 1. The molecule has 3 rings (SSSR count). The second-order valence-corrected chi connectivity index (χ2v) is 10.5. The highest BCUT2D eigenvalue weighted by Gasteiger charge is 2.24. The summed E-state index contributed by atoms with van der Waals surface area (Å²) in [5, 5.41) is 15.6. The van der Waals surface area contributed by atoms with Gasteiger partial charge in [-0.15, -0.1) is 13.2 Å². The number of benzene rings is 3. The van der Waals surface area contributed by atoms with Crippen LogP contribution in [0.4, 0.5) is 0 Å². The molecule has 0 aliphatic rings. The van der Waals surface area contributed by atoms with Gasteiger partial charge < -0.3 is 25.2 Å². The van der Waals surface area contributed by atoms with Gasteiger partial charge in [0.25, 0.3) is 0 Å². The summed E-state index contributed by atoms with van der Waals surface area (Å²) >= 11 is 0. The van der Waals surface area contributed by atoms with Crippen LogP contribution in [0.15, 0.2) is 110 Å². The number of amides is 2. The van der Waals surface area contributed by atoms with Crippen LogP contribution >= 0.6 is 0 Å². The molecule has 0 radical (unpaired) electrons. The zero-order valence-corrected chi connectivity index (χ0v) is 25.0. The van der Waals surface area contributed by atoms with Crippen molar-refractivity contribution in [2.45, 2.75) is 50.9 Å². The molecule has 0 aromatic heterocycles. The Balaban J connectivity index is 1.52. The number of nitrogens with one attached hydrogen (secondary N) is 2. The van der Waals surface area contributed by atoms with Crippen LogP contribution in [0.25, 0.3) is 0 Å².